The lowest BCUT2D eigenvalue weighted by atomic mass is 9.94. The van der Waals surface area contributed by atoms with E-state index in [1.165, 1.54) is 21.5 Å². The number of hydrogen-bond acceptors (Lipinski definition) is 3. The Morgan fingerprint density at radius 2 is 1.76 bits per heavy atom. The molecule has 4 rings (SSSR count). The molecule has 0 aliphatic carbocycles. The summed E-state index contributed by atoms with van der Waals surface area (Å²) in [5.74, 6) is 0.297. The van der Waals surface area contributed by atoms with Crippen molar-refractivity contribution in [3.05, 3.63) is 47.3 Å². The van der Waals surface area contributed by atoms with Gasteiger partial charge in [-0.25, -0.2) is 8.42 Å². The molecular weight excluding hydrogens is 386 g/mol. The van der Waals surface area contributed by atoms with Crippen LogP contribution in [0.25, 0.3) is 0 Å². The molecule has 0 spiro atoms. The predicted molar refractivity (Wildman–Crippen MR) is 114 cm³/mol. The first-order chi connectivity index (χ1) is 13.8. The minimum Gasteiger partial charge on any atom is -0.345 e. The summed E-state index contributed by atoms with van der Waals surface area (Å²) < 4.78 is 28.9. The summed E-state index contributed by atoms with van der Waals surface area (Å²) in [6.45, 7) is 6.09. The van der Waals surface area contributed by atoms with E-state index < -0.39 is 10.0 Å². The van der Waals surface area contributed by atoms with Crippen molar-refractivity contribution < 1.29 is 13.2 Å². The van der Waals surface area contributed by atoms with Crippen LogP contribution >= 0.6 is 0 Å². The van der Waals surface area contributed by atoms with Crippen molar-refractivity contribution in [1.82, 2.24) is 8.87 Å². The van der Waals surface area contributed by atoms with E-state index in [9.17, 15) is 13.2 Å². The number of amides is 1. The molecular formula is C22H29N3O3S. The van der Waals surface area contributed by atoms with E-state index in [-0.39, 0.29) is 10.8 Å². The van der Waals surface area contributed by atoms with Gasteiger partial charge in [0.2, 0.25) is 10.0 Å². The molecule has 2 aliphatic heterocycles. The summed E-state index contributed by atoms with van der Waals surface area (Å²) in [6.07, 6.45) is 5.21. The summed E-state index contributed by atoms with van der Waals surface area (Å²) >= 11 is 0. The molecule has 1 aromatic carbocycles. The molecule has 0 bridgehead atoms. The molecule has 2 aliphatic rings. The topological polar surface area (TPSA) is 62.6 Å². The second-order valence-electron chi connectivity index (χ2n) is 8.39. The maximum Gasteiger partial charge on any atom is 0.274 e. The third-order valence-electron chi connectivity index (χ3n) is 6.04. The third kappa shape index (κ3) is 3.62. The zero-order chi connectivity index (χ0) is 20.8. The van der Waals surface area contributed by atoms with Crippen LogP contribution in [0, 0.1) is 0 Å². The zero-order valence-electron chi connectivity index (χ0n) is 17.4. The molecule has 3 heterocycles. The van der Waals surface area contributed by atoms with Crippen LogP contribution in [0.1, 0.15) is 60.6 Å². The first kappa shape index (κ1) is 20.2. The standard InChI is InChI=1S/C22H29N3O3S/c1-16(2)17-8-9-20-18(13-17)7-6-12-25(20)22(26)21-14-19(15-23(21)3)29(27,28)24-10-4-5-11-24/h8-9,13-16H,4-7,10-12H2,1-3H3. The molecule has 0 saturated carbocycles. The Morgan fingerprint density at radius 1 is 1.03 bits per heavy atom. The molecule has 29 heavy (non-hydrogen) atoms. The number of benzene rings is 1. The molecule has 156 valence electrons. The van der Waals surface area contributed by atoms with Gasteiger partial charge in [-0.05, 0) is 54.9 Å². The van der Waals surface area contributed by atoms with Gasteiger partial charge in [0.25, 0.3) is 5.91 Å². The second kappa shape index (κ2) is 7.61. The van der Waals surface area contributed by atoms with Gasteiger partial charge in [0.15, 0.2) is 0 Å². The third-order valence-corrected chi connectivity index (χ3v) is 7.90. The van der Waals surface area contributed by atoms with Crippen LogP contribution in [0.4, 0.5) is 5.69 Å². The van der Waals surface area contributed by atoms with Crippen molar-refractivity contribution in [2.24, 2.45) is 7.05 Å². The zero-order valence-corrected chi connectivity index (χ0v) is 18.2. The minimum atomic E-state index is -3.54. The summed E-state index contributed by atoms with van der Waals surface area (Å²) in [4.78, 5) is 15.4. The van der Waals surface area contributed by atoms with Gasteiger partial charge in [-0.2, -0.15) is 4.31 Å². The Bertz CT molecular complexity index is 1030. The number of carbonyl (C=O) groups is 1. The lowest BCUT2D eigenvalue weighted by Gasteiger charge is -2.30. The highest BCUT2D eigenvalue weighted by atomic mass is 32.2. The Morgan fingerprint density at radius 3 is 2.45 bits per heavy atom. The van der Waals surface area contributed by atoms with Gasteiger partial charge in [-0.1, -0.05) is 26.0 Å². The molecule has 2 aromatic rings. The first-order valence-electron chi connectivity index (χ1n) is 10.4. The van der Waals surface area contributed by atoms with E-state index in [2.05, 4.69) is 26.0 Å². The van der Waals surface area contributed by atoms with Crippen LogP contribution in [-0.2, 0) is 23.5 Å². The number of anilines is 1. The van der Waals surface area contributed by atoms with Crippen LogP contribution in [0.2, 0.25) is 0 Å². The summed E-state index contributed by atoms with van der Waals surface area (Å²) in [7, 11) is -1.80. The van der Waals surface area contributed by atoms with Crippen molar-refractivity contribution in [2.45, 2.75) is 50.3 Å². The van der Waals surface area contributed by atoms with Crippen molar-refractivity contribution >= 4 is 21.6 Å². The van der Waals surface area contributed by atoms with Crippen molar-refractivity contribution in [3.63, 3.8) is 0 Å². The molecule has 7 heteroatoms. The average molecular weight is 416 g/mol. The number of nitrogens with zero attached hydrogens (tertiary/aromatic N) is 3. The lowest BCUT2D eigenvalue weighted by Crippen LogP contribution is -2.36. The van der Waals surface area contributed by atoms with Gasteiger partial charge < -0.3 is 9.47 Å². The van der Waals surface area contributed by atoms with Gasteiger partial charge in [-0.15, -0.1) is 0 Å². The highest BCUT2D eigenvalue weighted by Gasteiger charge is 2.31. The molecule has 1 saturated heterocycles. The van der Waals surface area contributed by atoms with E-state index in [1.807, 2.05) is 6.07 Å². The van der Waals surface area contributed by atoms with Gasteiger partial charge in [-0.3, -0.25) is 4.79 Å². The maximum atomic E-state index is 13.4. The molecule has 1 amide bonds. The number of rotatable bonds is 4. The molecule has 0 N–H and O–H groups in total. The molecule has 0 radical (unpaired) electrons. The minimum absolute atomic E-state index is 0.145. The van der Waals surface area contributed by atoms with Crippen LogP contribution in [0.5, 0.6) is 0 Å². The van der Waals surface area contributed by atoms with Gasteiger partial charge in [0, 0.05) is 38.6 Å². The number of carbonyl (C=O) groups excluding carboxylic acids is 1. The molecule has 0 atom stereocenters. The first-order valence-corrected chi connectivity index (χ1v) is 11.8. The molecule has 6 nitrogen and oxygen atoms in total. The monoisotopic (exact) mass is 415 g/mol. The van der Waals surface area contributed by atoms with Crippen molar-refractivity contribution in [2.75, 3.05) is 24.5 Å². The predicted octanol–water partition coefficient (Wildman–Crippen LogP) is 3.53. The number of sulfonamides is 1. The Kier molecular flexibility index (Phi) is 5.29. The van der Waals surface area contributed by atoms with E-state index in [0.29, 0.717) is 31.2 Å². The van der Waals surface area contributed by atoms with Crippen molar-refractivity contribution in [1.29, 1.82) is 0 Å². The fourth-order valence-electron chi connectivity index (χ4n) is 4.29. The molecule has 0 unspecified atom stereocenters. The van der Waals surface area contributed by atoms with Crippen LogP contribution < -0.4 is 4.90 Å². The normalized spacial score (nSPS) is 17.7. The number of aryl methyl sites for hydroxylation is 2. The van der Waals surface area contributed by atoms with Gasteiger partial charge >= 0.3 is 0 Å². The average Bonchev–Trinajstić information content (AvgIpc) is 3.37. The van der Waals surface area contributed by atoms with Crippen LogP contribution in [0.15, 0.2) is 35.4 Å². The van der Waals surface area contributed by atoms with E-state index >= 15 is 0 Å². The fraction of sp³-hybridized carbons (Fsp3) is 0.500. The SMILES string of the molecule is CC(C)c1ccc2c(c1)CCCN2C(=O)c1cc(S(=O)(=O)N2CCCC2)cn1C. The van der Waals surface area contributed by atoms with Gasteiger partial charge in [0.1, 0.15) is 10.6 Å². The summed E-state index contributed by atoms with van der Waals surface area (Å²) in [5, 5.41) is 0. The molecule has 1 aromatic heterocycles. The lowest BCUT2D eigenvalue weighted by molar-refractivity contribution is 0.0977. The molecule has 1 fully saturated rings. The highest BCUT2D eigenvalue weighted by molar-refractivity contribution is 7.89. The number of fused-ring (bicyclic) bond motifs is 1. The number of aromatic nitrogens is 1. The Labute approximate surface area is 173 Å². The van der Waals surface area contributed by atoms with Crippen LogP contribution in [0.3, 0.4) is 0 Å². The maximum absolute atomic E-state index is 13.4. The largest absolute Gasteiger partial charge is 0.345 e. The van der Waals surface area contributed by atoms with E-state index in [1.54, 1.807) is 22.7 Å². The van der Waals surface area contributed by atoms with E-state index in [0.717, 1.165) is 31.4 Å². The summed E-state index contributed by atoms with van der Waals surface area (Å²) in [6, 6.07) is 7.86. The highest BCUT2D eigenvalue weighted by Crippen LogP contribution is 2.32. The fourth-order valence-corrected chi connectivity index (χ4v) is 5.88. The van der Waals surface area contributed by atoms with Crippen LogP contribution in [-0.4, -0.2) is 42.8 Å². The quantitative estimate of drug-likeness (QED) is 0.767. The Hall–Kier alpha value is -2.12. The van der Waals surface area contributed by atoms with Crippen molar-refractivity contribution in [3.8, 4) is 0 Å². The smallest absolute Gasteiger partial charge is 0.274 e. The van der Waals surface area contributed by atoms with E-state index in [4.69, 9.17) is 0 Å². The van der Waals surface area contributed by atoms with Gasteiger partial charge in [0.05, 0.1) is 0 Å². The summed E-state index contributed by atoms with van der Waals surface area (Å²) in [5.41, 5.74) is 3.81. The second-order valence-corrected chi connectivity index (χ2v) is 10.3. The Balaban J connectivity index is 1.66. The number of hydrogen-bond donors (Lipinski definition) is 0.